The molecular formula is C20H14O6. The van der Waals surface area contributed by atoms with E-state index in [9.17, 15) is 19.2 Å². The minimum absolute atomic E-state index is 0.189. The molecule has 0 fully saturated rings. The van der Waals surface area contributed by atoms with Gasteiger partial charge in [0.1, 0.15) is 23.3 Å². The van der Waals surface area contributed by atoms with Gasteiger partial charge < -0.3 is 9.47 Å². The first kappa shape index (κ1) is 16.2. The van der Waals surface area contributed by atoms with Crippen LogP contribution in [0.25, 0.3) is 0 Å². The first-order valence-corrected chi connectivity index (χ1v) is 8.19. The maximum Gasteiger partial charge on any atom is 0.322 e. The summed E-state index contributed by atoms with van der Waals surface area (Å²) in [7, 11) is 0. The number of carbonyl (C=O) groups is 4. The van der Waals surface area contributed by atoms with Crippen molar-refractivity contribution in [1.82, 2.24) is 0 Å². The summed E-state index contributed by atoms with van der Waals surface area (Å²) in [6.45, 7) is 1.52. The van der Waals surface area contributed by atoms with E-state index in [0.717, 1.165) is 0 Å². The van der Waals surface area contributed by atoms with Crippen molar-refractivity contribution in [2.45, 2.75) is 6.92 Å². The molecule has 0 N–H and O–H groups in total. The SMILES string of the molecule is CC(C1C(=O)Oc2ccccc2C1=O)C1C(=O)Oc2ccccc2C1=O. The Balaban J connectivity index is 1.71. The molecule has 2 unspecified atom stereocenters. The van der Waals surface area contributed by atoms with Gasteiger partial charge in [-0.15, -0.1) is 0 Å². The van der Waals surface area contributed by atoms with Crippen molar-refractivity contribution in [1.29, 1.82) is 0 Å². The molecule has 0 aliphatic carbocycles. The largest absolute Gasteiger partial charge is 0.425 e. The molecule has 6 nitrogen and oxygen atoms in total. The summed E-state index contributed by atoms with van der Waals surface area (Å²) in [6.07, 6.45) is 0. The smallest absolute Gasteiger partial charge is 0.322 e. The number of esters is 2. The quantitative estimate of drug-likeness (QED) is 0.470. The number of para-hydroxylation sites is 2. The second kappa shape index (κ2) is 5.91. The van der Waals surface area contributed by atoms with Crippen molar-refractivity contribution < 1.29 is 28.7 Å². The van der Waals surface area contributed by atoms with Crippen LogP contribution in [0, 0.1) is 17.8 Å². The molecule has 0 aromatic heterocycles. The van der Waals surface area contributed by atoms with Gasteiger partial charge in [0.25, 0.3) is 0 Å². The van der Waals surface area contributed by atoms with Gasteiger partial charge in [0.15, 0.2) is 11.6 Å². The van der Waals surface area contributed by atoms with E-state index < -0.39 is 41.3 Å². The number of hydrogen-bond acceptors (Lipinski definition) is 6. The lowest BCUT2D eigenvalue weighted by molar-refractivity contribution is -0.143. The van der Waals surface area contributed by atoms with Gasteiger partial charge >= 0.3 is 11.9 Å². The van der Waals surface area contributed by atoms with Crippen LogP contribution in [0.15, 0.2) is 48.5 Å². The lowest BCUT2D eigenvalue weighted by Gasteiger charge is -2.32. The fourth-order valence-electron chi connectivity index (χ4n) is 3.51. The number of fused-ring (bicyclic) bond motifs is 2. The zero-order chi connectivity index (χ0) is 18.4. The highest BCUT2D eigenvalue weighted by atomic mass is 16.5. The van der Waals surface area contributed by atoms with Crippen molar-refractivity contribution in [3.8, 4) is 11.5 Å². The zero-order valence-corrected chi connectivity index (χ0v) is 13.8. The van der Waals surface area contributed by atoms with Crippen molar-refractivity contribution in [3.05, 3.63) is 59.7 Å². The monoisotopic (exact) mass is 350 g/mol. The molecule has 2 aromatic rings. The molecule has 26 heavy (non-hydrogen) atoms. The minimum atomic E-state index is -1.24. The summed E-state index contributed by atoms with van der Waals surface area (Å²) < 4.78 is 10.5. The lowest BCUT2D eigenvalue weighted by Crippen LogP contribution is -2.46. The molecule has 2 aliphatic heterocycles. The second-order valence-corrected chi connectivity index (χ2v) is 6.38. The Bertz CT molecular complexity index is 883. The molecule has 0 spiro atoms. The van der Waals surface area contributed by atoms with Gasteiger partial charge in [0.05, 0.1) is 11.1 Å². The highest BCUT2D eigenvalue weighted by Crippen LogP contribution is 2.38. The van der Waals surface area contributed by atoms with E-state index in [4.69, 9.17) is 9.47 Å². The maximum absolute atomic E-state index is 12.8. The number of ether oxygens (including phenoxy) is 2. The molecule has 2 atom stereocenters. The fourth-order valence-corrected chi connectivity index (χ4v) is 3.51. The Morgan fingerprint density at radius 3 is 1.50 bits per heavy atom. The van der Waals surface area contributed by atoms with Crippen LogP contribution in [0.2, 0.25) is 0 Å². The molecule has 6 heteroatoms. The summed E-state index contributed by atoms with van der Waals surface area (Å²) in [5.41, 5.74) is 0.530. The first-order valence-electron chi connectivity index (χ1n) is 8.19. The van der Waals surface area contributed by atoms with Crippen LogP contribution in [0.3, 0.4) is 0 Å². The Labute approximate surface area is 148 Å². The molecule has 2 aliphatic rings. The van der Waals surface area contributed by atoms with Crippen molar-refractivity contribution in [3.63, 3.8) is 0 Å². The van der Waals surface area contributed by atoms with Crippen LogP contribution in [-0.4, -0.2) is 23.5 Å². The summed E-state index contributed by atoms with van der Waals surface area (Å²) in [5.74, 6) is -5.43. The van der Waals surface area contributed by atoms with Gasteiger partial charge in [0.2, 0.25) is 0 Å². The molecule has 0 bridgehead atoms. The van der Waals surface area contributed by atoms with Gasteiger partial charge in [-0.05, 0) is 30.2 Å². The standard InChI is InChI=1S/C20H14O6/c1-10(15-17(21)11-6-2-4-8-13(11)25-19(15)23)16-18(22)12-7-3-5-9-14(12)26-20(16)24/h2-10,15-16H,1H3. The van der Waals surface area contributed by atoms with Crippen molar-refractivity contribution in [2.75, 3.05) is 0 Å². The Kier molecular flexibility index (Phi) is 3.68. The molecule has 2 aromatic carbocycles. The Morgan fingerprint density at radius 1 is 0.692 bits per heavy atom. The summed E-state index contributed by atoms with van der Waals surface area (Å²) in [4.78, 5) is 50.4. The summed E-state index contributed by atoms with van der Waals surface area (Å²) in [5, 5.41) is 0. The highest BCUT2D eigenvalue weighted by molar-refractivity contribution is 6.17. The number of carbonyl (C=O) groups excluding carboxylic acids is 4. The van der Waals surface area contributed by atoms with Crippen LogP contribution < -0.4 is 9.47 Å². The Hall–Kier alpha value is -3.28. The highest BCUT2D eigenvalue weighted by Gasteiger charge is 2.49. The van der Waals surface area contributed by atoms with E-state index in [1.54, 1.807) is 36.4 Å². The molecule has 0 amide bonds. The first-order chi connectivity index (χ1) is 12.5. The average Bonchev–Trinajstić information content (AvgIpc) is 2.62. The van der Waals surface area contributed by atoms with Crippen LogP contribution in [0.1, 0.15) is 27.6 Å². The van der Waals surface area contributed by atoms with Crippen LogP contribution >= 0.6 is 0 Å². The summed E-state index contributed by atoms with van der Waals surface area (Å²) in [6, 6.07) is 12.8. The average molecular weight is 350 g/mol. The number of benzene rings is 2. The second-order valence-electron chi connectivity index (χ2n) is 6.38. The van der Waals surface area contributed by atoms with Gasteiger partial charge in [0, 0.05) is 0 Å². The lowest BCUT2D eigenvalue weighted by atomic mass is 9.74. The van der Waals surface area contributed by atoms with E-state index >= 15 is 0 Å². The van der Waals surface area contributed by atoms with Crippen LogP contribution in [-0.2, 0) is 9.59 Å². The molecule has 0 radical (unpaired) electrons. The predicted molar refractivity (Wildman–Crippen MR) is 89.0 cm³/mol. The van der Waals surface area contributed by atoms with Crippen LogP contribution in [0.4, 0.5) is 0 Å². The van der Waals surface area contributed by atoms with Crippen LogP contribution in [0.5, 0.6) is 11.5 Å². The van der Waals surface area contributed by atoms with E-state index in [-0.39, 0.29) is 22.6 Å². The third kappa shape index (κ3) is 2.34. The topological polar surface area (TPSA) is 86.7 Å². The molecule has 0 saturated carbocycles. The van der Waals surface area contributed by atoms with Gasteiger partial charge in [-0.3, -0.25) is 19.2 Å². The van der Waals surface area contributed by atoms with E-state index in [1.807, 2.05) is 0 Å². The number of rotatable bonds is 2. The predicted octanol–water partition coefficient (Wildman–Crippen LogP) is 2.46. The summed E-state index contributed by atoms with van der Waals surface area (Å²) >= 11 is 0. The van der Waals surface area contributed by atoms with Gasteiger partial charge in [-0.25, -0.2) is 0 Å². The number of Topliss-reactive ketones (excluding diaryl/α,β-unsaturated/α-hetero) is 2. The third-order valence-corrected chi connectivity index (χ3v) is 4.85. The van der Waals surface area contributed by atoms with Gasteiger partial charge in [-0.1, -0.05) is 31.2 Å². The van der Waals surface area contributed by atoms with E-state index in [2.05, 4.69) is 0 Å². The molecule has 4 rings (SSSR count). The van der Waals surface area contributed by atoms with E-state index in [1.165, 1.54) is 19.1 Å². The Morgan fingerprint density at radius 2 is 1.08 bits per heavy atom. The van der Waals surface area contributed by atoms with Crippen molar-refractivity contribution >= 4 is 23.5 Å². The zero-order valence-electron chi connectivity index (χ0n) is 13.8. The molecule has 0 saturated heterocycles. The molecule has 130 valence electrons. The molecule has 2 heterocycles. The maximum atomic E-state index is 12.8. The number of hydrogen-bond donors (Lipinski definition) is 0. The minimum Gasteiger partial charge on any atom is -0.425 e. The van der Waals surface area contributed by atoms with Gasteiger partial charge in [-0.2, -0.15) is 0 Å². The number of ketones is 2. The van der Waals surface area contributed by atoms with Crippen molar-refractivity contribution in [2.24, 2.45) is 17.8 Å². The third-order valence-electron chi connectivity index (χ3n) is 4.85. The molecular weight excluding hydrogens is 336 g/mol. The normalized spacial score (nSPS) is 22.8. The van der Waals surface area contributed by atoms with E-state index in [0.29, 0.717) is 0 Å². The fraction of sp³-hybridized carbons (Fsp3) is 0.200.